The van der Waals surface area contributed by atoms with Crippen LogP contribution in [0.3, 0.4) is 0 Å². The molecule has 0 saturated heterocycles. The molecule has 0 aliphatic carbocycles. The van der Waals surface area contributed by atoms with Crippen LogP contribution in [0.25, 0.3) is 0 Å². The highest BCUT2D eigenvalue weighted by atomic mass is 79.9. The molecule has 98 valence electrons. The van der Waals surface area contributed by atoms with Crippen LogP contribution in [0.5, 0.6) is 5.75 Å². The van der Waals surface area contributed by atoms with Crippen molar-refractivity contribution in [2.75, 3.05) is 7.11 Å². The summed E-state index contributed by atoms with van der Waals surface area (Å²) >= 11 is 4.99. The number of carbonyl (C=O) groups excluding carboxylic acids is 1. The Morgan fingerprint density at radius 3 is 2.68 bits per heavy atom. The third-order valence-corrected chi connectivity index (χ3v) is 4.13. The molecule has 0 spiro atoms. The van der Waals surface area contributed by atoms with Crippen molar-refractivity contribution >= 4 is 33.5 Å². The van der Waals surface area contributed by atoms with Crippen LogP contribution in [0.2, 0.25) is 0 Å². The highest BCUT2D eigenvalue weighted by Gasteiger charge is 2.09. The molecule has 4 heteroatoms. The van der Waals surface area contributed by atoms with Crippen molar-refractivity contribution in [3.8, 4) is 5.75 Å². The molecule has 2 aromatic carbocycles. The first-order valence-electron chi connectivity index (χ1n) is 5.72. The van der Waals surface area contributed by atoms with E-state index in [1.807, 2.05) is 42.5 Å². The molecular weight excluding hydrogens is 324 g/mol. The van der Waals surface area contributed by atoms with E-state index in [1.54, 1.807) is 25.8 Å². The van der Waals surface area contributed by atoms with Crippen molar-refractivity contribution in [3.63, 3.8) is 0 Å². The van der Waals surface area contributed by atoms with Gasteiger partial charge in [0.05, 0.1) is 7.11 Å². The molecule has 0 atom stereocenters. The predicted molar refractivity (Wildman–Crippen MR) is 81.3 cm³/mol. The number of hydrogen-bond donors (Lipinski definition) is 0. The maximum Gasteiger partial charge on any atom is 0.160 e. The third-order valence-electron chi connectivity index (χ3n) is 2.59. The largest absolute Gasteiger partial charge is 0.497 e. The van der Waals surface area contributed by atoms with Gasteiger partial charge < -0.3 is 4.74 Å². The van der Waals surface area contributed by atoms with Gasteiger partial charge in [0, 0.05) is 19.8 Å². The highest BCUT2D eigenvalue weighted by molar-refractivity contribution is 9.10. The molecule has 0 aliphatic rings. The minimum Gasteiger partial charge on any atom is -0.497 e. The van der Waals surface area contributed by atoms with Crippen molar-refractivity contribution in [2.45, 2.75) is 16.7 Å². The van der Waals surface area contributed by atoms with E-state index in [1.165, 1.54) is 0 Å². The lowest BCUT2D eigenvalue weighted by Crippen LogP contribution is -1.94. The third kappa shape index (κ3) is 3.61. The Balaban J connectivity index is 2.36. The van der Waals surface area contributed by atoms with Gasteiger partial charge in [-0.3, -0.25) is 4.79 Å². The lowest BCUT2D eigenvalue weighted by Gasteiger charge is -2.08. The molecule has 0 aliphatic heterocycles. The maximum absolute atomic E-state index is 11.6. The van der Waals surface area contributed by atoms with Gasteiger partial charge in [0.25, 0.3) is 0 Å². The predicted octanol–water partition coefficient (Wildman–Crippen LogP) is 4.81. The van der Waals surface area contributed by atoms with E-state index in [9.17, 15) is 4.79 Å². The van der Waals surface area contributed by atoms with Crippen molar-refractivity contribution in [2.24, 2.45) is 0 Å². The number of rotatable bonds is 4. The summed E-state index contributed by atoms with van der Waals surface area (Å²) in [5.41, 5.74) is 0.732. The summed E-state index contributed by atoms with van der Waals surface area (Å²) in [4.78, 5) is 13.6. The van der Waals surface area contributed by atoms with Crippen LogP contribution in [0.1, 0.15) is 17.3 Å². The van der Waals surface area contributed by atoms with E-state index in [0.29, 0.717) is 0 Å². The summed E-state index contributed by atoms with van der Waals surface area (Å²) in [6.45, 7) is 1.58. The van der Waals surface area contributed by atoms with E-state index in [2.05, 4.69) is 15.9 Å². The summed E-state index contributed by atoms with van der Waals surface area (Å²) in [5, 5.41) is 0. The molecule has 0 N–H and O–H groups in total. The van der Waals surface area contributed by atoms with Gasteiger partial charge in [-0.05, 0) is 43.3 Å². The Bertz CT molecular complexity index is 611. The van der Waals surface area contributed by atoms with E-state index < -0.39 is 0 Å². The first-order chi connectivity index (χ1) is 9.10. The van der Waals surface area contributed by atoms with Crippen LogP contribution in [-0.4, -0.2) is 12.9 Å². The molecule has 0 unspecified atom stereocenters. The molecule has 0 fully saturated rings. The zero-order valence-electron chi connectivity index (χ0n) is 10.6. The molecule has 19 heavy (non-hydrogen) atoms. The fourth-order valence-corrected chi connectivity index (χ4v) is 3.26. The zero-order chi connectivity index (χ0) is 13.8. The van der Waals surface area contributed by atoms with Gasteiger partial charge in [-0.25, -0.2) is 0 Å². The lowest BCUT2D eigenvalue weighted by atomic mass is 10.1. The molecule has 0 heterocycles. The average molecular weight is 337 g/mol. The molecule has 0 bridgehead atoms. The fourth-order valence-electron chi connectivity index (χ4n) is 1.66. The molecule has 0 saturated carbocycles. The van der Waals surface area contributed by atoms with Gasteiger partial charge in [0.2, 0.25) is 0 Å². The van der Waals surface area contributed by atoms with Crippen LogP contribution in [0, 0.1) is 0 Å². The first-order valence-corrected chi connectivity index (χ1v) is 7.33. The second-order valence-electron chi connectivity index (χ2n) is 3.98. The minimum absolute atomic E-state index is 0.0675. The standard InChI is InChI=1S/C15H13BrO2S/c1-10(17)14-7-6-11(16)8-15(14)19-13-5-3-4-12(9-13)18-2/h3-9H,1-2H3. The SMILES string of the molecule is COc1cccc(Sc2cc(Br)ccc2C(C)=O)c1. The second-order valence-corrected chi connectivity index (χ2v) is 6.01. The number of benzene rings is 2. The molecule has 2 nitrogen and oxygen atoms in total. The van der Waals surface area contributed by atoms with Crippen LogP contribution in [0.15, 0.2) is 56.7 Å². The van der Waals surface area contributed by atoms with Crippen molar-refractivity contribution in [1.29, 1.82) is 0 Å². The van der Waals surface area contributed by atoms with Gasteiger partial charge >= 0.3 is 0 Å². The Morgan fingerprint density at radius 2 is 2.00 bits per heavy atom. The normalized spacial score (nSPS) is 10.3. The Labute approximate surface area is 125 Å². The first kappa shape index (κ1) is 14.2. The summed E-state index contributed by atoms with van der Waals surface area (Å²) in [7, 11) is 1.64. The average Bonchev–Trinajstić information content (AvgIpc) is 2.38. The van der Waals surface area contributed by atoms with Crippen LogP contribution in [-0.2, 0) is 0 Å². The van der Waals surface area contributed by atoms with E-state index in [0.717, 1.165) is 25.6 Å². The highest BCUT2D eigenvalue weighted by Crippen LogP contribution is 2.34. The van der Waals surface area contributed by atoms with Gasteiger partial charge in [0.1, 0.15) is 5.75 Å². The smallest absolute Gasteiger partial charge is 0.160 e. The van der Waals surface area contributed by atoms with Gasteiger partial charge in [0.15, 0.2) is 5.78 Å². The number of ether oxygens (including phenoxy) is 1. The summed E-state index contributed by atoms with van der Waals surface area (Å²) in [6, 6.07) is 13.5. The Hall–Kier alpha value is -1.26. The summed E-state index contributed by atoms with van der Waals surface area (Å²) < 4.78 is 6.17. The van der Waals surface area contributed by atoms with Crippen molar-refractivity contribution in [1.82, 2.24) is 0 Å². The number of Topliss-reactive ketones (excluding diaryl/α,β-unsaturated/α-hetero) is 1. The monoisotopic (exact) mass is 336 g/mol. The number of halogens is 1. The molecular formula is C15H13BrO2S. The summed E-state index contributed by atoms with van der Waals surface area (Å²) in [6.07, 6.45) is 0. The van der Waals surface area contributed by atoms with Crippen LogP contribution < -0.4 is 4.74 Å². The second kappa shape index (κ2) is 6.26. The Morgan fingerprint density at radius 1 is 1.21 bits per heavy atom. The number of hydrogen-bond acceptors (Lipinski definition) is 3. The quantitative estimate of drug-likeness (QED) is 0.749. The summed E-state index contributed by atoms with van der Waals surface area (Å²) in [5.74, 6) is 0.877. The maximum atomic E-state index is 11.6. The number of carbonyl (C=O) groups is 1. The molecule has 2 rings (SSSR count). The molecule has 0 aromatic heterocycles. The van der Waals surface area contributed by atoms with Gasteiger partial charge in [-0.2, -0.15) is 0 Å². The topological polar surface area (TPSA) is 26.3 Å². The molecule has 0 radical (unpaired) electrons. The number of methoxy groups -OCH3 is 1. The number of ketones is 1. The zero-order valence-corrected chi connectivity index (χ0v) is 13.0. The lowest BCUT2D eigenvalue weighted by molar-refractivity contribution is 0.101. The molecule has 2 aromatic rings. The molecule has 0 amide bonds. The van der Waals surface area contributed by atoms with E-state index >= 15 is 0 Å². The minimum atomic E-state index is 0.0675. The van der Waals surface area contributed by atoms with Gasteiger partial charge in [-0.15, -0.1) is 0 Å². The van der Waals surface area contributed by atoms with Gasteiger partial charge in [-0.1, -0.05) is 33.8 Å². The van der Waals surface area contributed by atoms with E-state index in [4.69, 9.17) is 4.74 Å². The fraction of sp³-hybridized carbons (Fsp3) is 0.133. The van der Waals surface area contributed by atoms with E-state index in [-0.39, 0.29) is 5.78 Å². The van der Waals surface area contributed by atoms with Crippen LogP contribution >= 0.6 is 27.7 Å². The van der Waals surface area contributed by atoms with Crippen molar-refractivity contribution < 1.29 is 9.53 Å². The van der Waals surface area contributed by atoms with Crippen LogP contribution in [0.4, 0.5) is 0 Å². The van der Waals surface area contributed by atoms with Crippen molar-refractivity contribution in [3.05, 3.63) is 52.5 Å². The Kier molecular flexibility index (Phi) is 4.66.